The fourth-order valence-corrected chi connectivity index (χ4v) is 9.83. The van der Waals surface area contributed by atoms with Gasteiger partial charge in [0.1, 0.15) is 0 Å². The van der Waals surface area contributed by atoms with E-state index in [4.69, 9.17) is 0 Å². The number of hydrogen-bond acceptors (Lipinski definition) is 1. The summed E-state index contributed by atoms with van der Waals surface area (Å²) in [7, 11) is -0.841. The summed E-state index contributed by atoms with van der Waals surface area (Å²) in [5, 5.41) is 5.83. The highest BCUT2D eigenvalue weighted by Crippen LogP contribution is 2.35. The highest BCUT2D eigenvalue weighted by molar-refractivity contribution is 9.10. The molecule has 1 nitrogen and oxygen atoms in total. The molecule has 0 aliphatic rings. The quantitative estimate of drug-likeness (QED) is 0.132. The predicted octanol–water partition coefficient (Wildman–Crippen LogP) is 7.52. The molecule has 5 rings (SSSR count). The van der Waals surface area contributed by atoms with E-state index in [0.717, 1.165) is 36.4 Å². The van der Waals surface area contributed by atoms with Crippen molar-refractivity contribution in [2.75, 3.05) is 25.4 Å². The molecule has 0 unspecified atom stereocenters. The molecule has 0 aromatic heterocycles. The van der Waals surface area contributed by atoms with Gasteiger partial charge in [0, 0.05) is 24.1 Å². The lowest BCUT2D eigenvalue weighted by molar-refractivity contribution is 0.300. The average Bonchev–Trinajstić information content (AvgIpc) is 3.00. The van der Waals surface area contributed by atoms with E-state index in [0.29, 0.717) is 0 Å². The van der Waals surface area contributed by atoms with Crippen molar-refractivity contribution in [3.63, 3.8) is 0 Å². The molecule has 196 valence electrons. The van der Waals surface area contributed by atoms with Gasteiger partial charge in [-0.3, -0.25) is 4.90 Å². The van der Waals surface area contributed by atoms with E-state index in [1.165, 1.54) is 26.8 Å². The Morgan fingerprint density at radius 3 is 1.10 bits per heavy atom. The Hall–Kier alpha value is -2.60. The van der Waals surface area contributed by atoms with Crippen molar-refractivity contribution in [2.24, 2.45) is 0 Å². The summed E-state index contributed by atoms with van der Waals surface area (Å²) in [5.41, 5.74) is 1.37. The molecule has 0 saturated heterocycles. The van der Waals surface area contributed by atoms with Gasteiger partial charge in [-0.15, -0.1) is 0 Å². The normalized spacial score (nSPS) is 11.4. The van der Waals surface area contributed by atoms with Crippen molar-refractivity contribution in [3.8, 4) is 0 Å². The third-order valence-corrected chi connectivity index (χ3v) is 12.4. The standard InChI is InChI=1S/C35H34BrNP2/c36-31-23-21-30(22-24-31)29-37(25-27-38(32-13-5-1-6-14-32)33-15-7-2-8-16-33)26-28-39(34-17-9-3-10-18-34)35-19-11-4-12-20-35/h1-24H,25-29H2. The Morgan fingerprint density at radius 2 is 0.769 bits per heavy atom. The number of hydrogen-bond donors (Lipinski definition) is 0. The molecule has 0 bridgehead atoms. The Balaban J connectivity index is 1.38. The fraction of sp³-hybridized carbons (Fsp3) is 0.143. The van der Waals surface area contributed by atoms with Crippen LogP contribution in [0.4, 0.5) is 0 Å². The molecule has 0 aliphatic heterocycles. The van der Waals surface area contributed by atoms with Crippen LogP contribution in [0, 0.1) is 0 Å². The average molecular weight is 611 g/mol. The molecule has 5 aromatic rings. The molecule has 0 heterocycles. The summed E-state index contributed by atoms with van der Waals surface area (Å²) < 4.78 is 1.13. The lowest BCUT2D eigenvalue weighted by Gasteiger charge is -2.28. The zero-order valence-corrected chi connectivity index (χ0v) is 25.5. The SMILES string of the molecule is Brc1ccc(CN(CCP(c2ccccc2)c2ccccc2)CCP(c2ccccc2)c2ccccc2)cc1. The van der Waals surface area contributed by atoms with Crippen molar-refractivity contribution >= 4 is 53.0 Å². The molecular weight excluding hydrogens is 576 g/mol. The molecule has 0 spiro atoms. The largest absolute Gasteiger partial charge is 0.298 e. The highest BCUT2D eigenvalue weighted by atomic mass is 79.9. The van der Waals surface area contributed by atoms with E-state index in [1.807, 2.05) is 0 Å². The number of halogens is 1. The lowest BCUT2D eigenvalue weighted by atomic mass is 10.2. The predicted molar refractivity (Wildman–Crippen MR) is 177 cm³/mol. The van der Waals surface area contributed by atoms with E-state index in [2.05, 4.69) is 166 Å². The van der Waals surface area contributed by atoms with Gasteiger partial charge >= 0.3 is 0 Å². The lowest BCUT2D eigenvalue weighted by Crippen LogP contribution is -2.32. The van der Waals surface area contributed by atoms with Crippen LogP contribution in [0.1, 0.15) is 5.56 Å². The summed E-state index contributed by atoms with van der Waals surface area (Å²) in [6.45, 7) is 3.10. The zero-order valence-electron chi connectivity index (χ0n) is 22.1. The smallest absolute Gasteiger partial charge is 0.0234 e. The maximum Gasteiger partial charge on any atom is 0.0234 e. The van der Waals surface area contributed by atoms with E-state index in [9.17, 15) is 0 Å². The van der Waals surface area contributed by atoms with E-state index in [1.54, 1.807) is 0 Å². The minimum Gasteiger partial charge on any atom is -0.298 e. The van der Waals surface area contributed by atoms with Gasteiger partial charge in [0.15, 0.2) is 0 Å². The van der Waals surface area contributed by atoms with Crippen LogP contribution < -0.4 is 21.2 Å². The maximum absolute atomic E-state index is 3.61. The van der Waals surface area contributed by atoms with Crippen LogP contribution in [0.2, 0.25) is 0 Å². The minimum atomic E-state index is -0.421. The first-order valence-corrected chi connectivity index (χ1v) is 17.3. The van der Waals surface area contributed by atoms with Crippen molar-refractivity contribution in [1.29, 1.82) is 0 Å². The van der Waals surface area contributed by atoms with E-state index < -0.39 is 15.8 Å². The van der Waals surface area contributed by atoms with E-state index in [-0.39, 0.29) is 0 Å². The van der Waals surface area contributed by atoms with Crippen LogP contribution in [-0.2, 0) is 6.54 Å². The monoisotopic (exact) mass is 609 g/mol. The van der Waals surface area contributed by atoms with Crippen LogP contribution in [-0.4, -0.2) is 30.3 Å². The number of rotatable bonds is 12. The van der Waals surface area contributed by atoms with Gasteiger partial charge in [0.05, 0.1) is 0 Å². The third-order valence-electron chi connectivity index (χ3n) is 6.87. The van der Waals surface area contributed by atoms with Gasteiger partial charge in [-0.1, -0.05) is 149 Å². The second-order valence-electron chi connectivity index (χ2n) is 9.55. The van der Waals surface area contributed by atoms with E-state index >= 15 is 0 Å². The molecule has 0 saturated carbocycles. The van der Waals surface area contributed by atoms with Gasteiger partial charge < -0.3 is 0 Å². The van der Waals surface area contributed by atoms with Crippen molar-refractivity contribution in [2.45, 2.75) is 6.54 Å². The van der Waals surface area contributed by atoms with Crippen LogP contribution in [0.3, 0.4) is 0 Å². The number of nitrogens with zero attached hydrogens (tertiary/aromatic N) is 1. The second-order valence-corrected chi connectivity index (χ2v) is 15.1. The molecule has 0 atom stereocenters. The third kappa shape index (κ3) is 8.20. The molecular formula is C35H34BrNP2. The van der Waals surface area contributed by atoms with Crippen molar-refractivity contribution in [3.05, 3.63) is 156 Å². The van der Waals surface area contributed by atoms with Gasteiger partial charge in [-0.2, -0.15) is 0 Å². The van der Waals surface area contributed by atoms with Crippen LogP contribution >= 0.6 is 31.8 Å². The van der Waals surface area contributed by atoms with Crippen LogP contribution in [0.5, 0.6) is 0 Å². The molecule has 5 aromatic carbocycles. The second kappa shape index (κ2) is 14.7. The Kier molecular flexibility index (Phi) is 10.5. The summed E-state index contributed by atoms with van der Waals surface area (Å²) >= 11 is 3.61. The molecule has 0 N–H and O–H groups in total. The molecule has 0 fully saturated rings. The summed E-state index contributed by atoms with van der Waals surface area (Å²) in [5.74, 6) is 0. The molecule has 39 heavy (non-hydrogen) atoms. The van der Waals surface area contributed by atoms with Gasteiger partial charge in [0.25, 0.3) is 0 Å². The number of benzene rings is 5. The highest BCUT2D eigenvalue weighted by Gasteiger charge is 2.19. The maximum atomic E-state index is 3.61. The summed E-state index contributed by atoms with van der Waals surface area (Å²) in [6.07, 6.45) is 2.29. The first-order valence-electron chi connectivity index (χ1n) is 13.5. The van der Waals surface area contributed by atoms with Gasteiger partial charge in [0.2, 0.25) is 0 Å². The molecule has 4 heteroatoms. The molecule has 0 amide bonds. The van der Waals surface area contributed by atoms with Crippen LogP contribution in [0.25, 0.3) is 0 Å². The molecule has 0 aliphatic carbocycles. The molecule has 0 radical (unpaired) electrons. The van der Waals surface area contributed by atoms with Crippen molar-refractivity contribution in [1.82, 2.24) is 4.90 Å². The Morgan fingerprint density at radius 1 is 0.436 bits per heavy atom. The van der Waals surface area contributed by atoms with Crippen LogP contribution in [0.15, 0.2) is 150 Å². The van der Waals surface area contributed by atoms with Crippen molar-refractivity contribution < 1.29 is 0 Å². The van der Waals surface area contributed by atoms with Gasteiger partial charge in [-0.25, -0.2) is 0 Å². The topological polar surface area (TPSA) is 3.24 Å². The first kappa shape index (κ1) is 27.9. The fourth-order valence-electron chi connectivity index (χ4n) is 4.85. The zero-order chi connectivity index (χ0) is 26.7. The van der Waals surface area contributed by atoms with Gasteiger partial charge in [-0.05, 0) is 67.1 Å². The summed E-state index contributed by atoms with van der Waals surface area (Å²) in [4.78, 5) is 2.69. The Labute approximate surface area is 244 Å². The Bertz CT molecular complexity index is 1220. The summed E-state index contributed by atoms with van der Waals surface area (Å²) in [6, 6.07) is 53.2. The first-order chi connectivity index (χ1) is 19.3. The minimum absolute atomic E-state index is 0.421.